The fourth-order valence-electron chi connectivity index (χ4n) is 2.07. The van der Waals surface area contributed by atoms with E-state index in [-0.39, 0.29) is 23.9 Å². The molecular weight excluding hydrogens is 250 g/mol. The fraction of sp³-hybridized carbons (Fsp3) is 0.286. The van der Waals surface area contributed by atoms with E-state index >= 15 is 0 Å². The third-order valence-corrected chi connectivity index (χ3v) is 2.85. The van der Waals surface area contributed by atoms with Crippen LogP contribution < -0.4 is 5.32 Å². The number of benzene rings is 2. The number of likely N-dealkylation sites (N-methyl/N-ethyl adjacent to an activating group) is 1. The summed E-state index contributed by atoms with van der Waals surface area (Å²) in [5.41, 5.74) is 1.10. The van der Waals surface area contributed by atoms with E-state index in [0.717, 1.165) is 35.8 Å². The smallest absolute Gasteiger partial charge is 0.127 e. The highest BCUT2D eigenvalue weighted by atomic mass is 35.5. The molecule has 4 heteroatoms. The Balaban J connectivity index is 0.00000162. The first kappa shape index (κ1) is 14.6. The lowest BCUT2D eigenvalue weighted by molar-refractivity contribution is 0.455. The van der Waals surface area contributed by atoms with Crippen LogP contribution in [0.1, 0.15) is 12.5 Å². The molecule has 0 unspecified atom stereocenters. The summed E-state index contributed by atoms with van der Waals surface area (Å²) in [6.45, 7) is 3.89. The van der Waals surface area contributed by atoms with Gasteiger partial charge < -0.3 is 15.5 Å². The molecule has 0 saturated carbocycles. The van der Waals surface area contributed by atoms with Crippen molar-refractivity contribution in [3.05, 3.63) is 35.9 Å². The van der Waals surface area contributed by atoms with Crippen molar-refractivity contribution < 1.29 is 10.2 Å². The maximum Gasteiger partial charge on any atom is 0.127 e. The van der Waals surface area contributed by atoms with E-state index < -0.39 is 0 Å². The van der Waals surface area contributed by atoms with Crippen LogP contribution in [0.3, 0.4) is 0 Å². The molecule has 0 amide bonds. The van der Waals surface area contributed by atoms with Gasteiger partial charge in [-0.1, -0.05) is 25.1 Å². The molecule has 0 atom stereocenters. The number of fused-ring (bicyclic) bond motifs is 1. The van der Waals surface area contributed by atoms with Crippen LogP contribution >= 0.6 is 12.4 Å². The summed E-state index contributed by atoms with van der Waals surface area (Å²) < 4.78 is 0. The number of hydrogen-bond donors (Lipinski definition) is 3. The van der Waals surface area contributed by atoms with Gasteiger partial charge in [-0.2, -0.15) is 0 Å². The van der Waals surface area contributed by atoms with Crippen molar-refractivity contribution in [2.24, 2.45) is 0 Å². The van der Waals surface area contributed by atoms with Gasteiger partial charge in [-0.3, -0.25) is 0 Å². The van der Waals surface area contributed by atoms with E-state index in [0.29, 0.717) is 0 Å². The zero-order valence-corrected chi connectivity index (χ0v) is 11.1. The van der Waals surface area contributed by atoms with Crippen LogP contribution in [0.5, 0.6) is 11.5 Å². The minimum Gasteiger partial charge on any atom is -0.508 e. The van der Waals surface area contributed by atoms with Gasteiger partial charge in [-0.05, 0) is 36.5 Å². The van der Waals surface area contributed by atoms with Gasteiger partial charge in [0, 0.05) is 11.5 Å². The van der Waals surface area contributed by atoms with Crippen LogP contribution in [0, 0.1) is 0 Å². The highest BCUT2D eigenvalue weighted by Crippen LogP contribution is 2.32. The summed E-state index contributed by atoms with van der Waals surface area (Å²) in [6.07, 6.45) is 0.865. The van der Waals surface area contributed by atoms with Crippen molar-refractivity contribution in [2.75, 3.05) is 13.1 Å². The van der Waals surface area contributed by atoms with Gasteiger partial charge in [0.15, 0.2) is 0 Å². The first-order valence-corrected chi connectivity index (χ1v) is 5.86. The van der Waals surface area contributed by atoms with Gasteiger partial charge in [0.2, 0.25) is 0 Å². The van der Waals surface area contributed by atoms with Crippen molar-refractivity contribution in [3.63, 3.8) is 0 Å². The van der Waals surface area contributed by atoms with Crippen LogP contribution in [0.2, 0.25) is 0 Å². The molecule has 2 aromatic carbocycles. The molecule has 0 saturated heterocycles. The highest BCUT2D eigenvalue weighted by molar-refractivity contribution is 5.92. The Bertz CT molecular complexity index is 528. The van der Waals surface area contributed by atoms with Crippen molar-refractivity contribution >= 4 is 23.2 Å². The lowest BCUT2D eigenvalue weighted by Crippen LogP contribution is -2.16. The largest absolute Gasteiger partial charge is 0.508 e. The third kappa shape index (κ3) is 3.06. The number of aromatic hydroxyl groups is 2. The minimum atomic E-state index is 0. The second-order valence-corrected chi connectivity index (χ2v) is 4.08. The third-order valence-electron chi connectivity index (χ3n) is 2.85. The van der Waals surface area contributed by atoms with Crippen molar-refractivity contribution in [1.82, 2.24) is 5.32 Å². The lowest BCUT2D eigenvalue weighted by Gasteiger charge is -2.09. The Morgan fingerprint density at radius 3 is 2.67 bits per heavy atom. The average Bonchev–Trinajstić information content (AvgIpc) is 2.28. The summed E-state index contributed by atoms with van der Waals surface area (Å²) in [6, 6.07) is 8.91. The molecule has 0 aliphatic heterocycles. The number of nitrogens with one attached hydrogen (secondary N) is 1. The number of phenols is 2. The van der Waals surface area contributed by atoms with E-state index in [9.17, 15) is 10.2 Å². The summed E-state index contributed by atoms with van der Waals surface area (Å²) in [5.74, 6) is 0.242. The summed E-state index contributed by atoms with van der Waals surface area (Å²) >= 11 is 0. The normalized spacial score (nSPS) is 10.3. The van der Waals surface area contributed by atoms with Gasteiger partial charge in [-0.15, -0.1) is 12.4 Å². The maximum atomic E-state index is 9.91. The second-order valence-electron chi connectivity index (χ2n) is 4.08. The van der Waals surface area contributed by atoms with E-state index in [1.165, 1.54) is 6.07 Å². The Morgan fingerprint density at radius 2 is 1.94 bits per heavy atom. The van der Waals surface area contributed by atoms with Crippen molar-refractivity contribution in [3.8, 4) is 11.5 Å². The van der Waals surface area contributed by atoms with Crippen LogP contribution in [0.4, 0.5) is 0 Å². The van der Waals surface area contributed by atoms with Crippen LogP contribution in [0.15, 0.2) is 30.3 Å². The Kier molecular flexibility index (Phi) is 5.25. The molecule has 3 nitrogen and oxygen atoms in total. The second kappa shape index (κ2) is 6.47. The number of halogens is 1. The Morgan fingerprint density at radius 1 is 1.17 bits per heavy atom. The Hall–Kier alpha value is -1.45. The number of rotatable bonds is 4. The first-order chi connectivity index (χ1) is 8.22. The van der Waals surface area contributed by atoms with Gasteiger partial charge >= 0.3 is 0 Å². The molecule has 98 valence electrons. The molecule has 0 aromatic heterocycles. The molecule has 0 heterocycles. The molecule has 3 N–H and O–H groups in total. The molecule has 0 aliphatic carbocycles. The summed E-state index contributed by atoms with van der Waals surface area (Å²) in [4.78, 5) is 0. The Labute approximate surface area is 113 Å². The maximum absolute atomic E-state index is 9.91. The van der Waals surface area contributed by atoms with Gasteiger partial charge in [-0.25, -0.2) is 0 Å². The lowest BCUT2D eigenvalue weighted by atomic mass is 10.0. The van der Waals surface area contributed by atoms with E-state index in [4.69, 9.17) is 0 Å². The van der Waals surface area contributed by atoms with Gasteiger partial charge in [0.1, 0.15) is 11.5 Å². The topological polar surface area (TPSA) is 52.5 Å². The number of hydrogen-bond acceptors (Lipinski definition) is 3. The zero-order chi connectivity index (χ0) is 12.3. The van der Waals surface area contributed by atoms with Crippen LogP contribution in [-0.4, -0.2) is 23.3 Å². The van der Waals surface area contributed by atoms with E-state index in [1.54, 1.807) is 6.07 Å². The van der Waals surface area contributed by atoms with E-state index in [2.05, 4.69) is 12.2 Å². The van der Waals surface area contributed by atoms with E-state index in [1.807, 2.05) is 18.2 Å². The number of phenolic OH excluding ortho intramolecular Hbond substituents is 2. The van der Waals surface area contributed by atoms with Crippen LogP contribution in [-0.2, 0) is 6.42 Å². The predicted molar refractivity (Wildman–Crippen MR) is 76.8 cm³/mol. The summed E-state index contributed by atoms with van der Waals surface area (Å²) in [5, 5.41) is 24.3. The van der Waals surface area contributed by atoms with Crippen molar-refractivity contribution in [1.29, 1.82) is 0 Å². The standard InChI is InChI=1S/C14H17NO2.ClH/c1-2-15-7-6-10-4-3-5-11-8-12(16)9-13(17)14(10)11;/h3-5,8-9,15-17H,2,6-7H2,1H3;1H. The molecule has 2 rings (SSSR count). The first-order valence-electron chi connectivity index (χ1n) is 5.86. The quantitative estimate of drug-likeness (QED) is 0.747. The average molecular weight is 268 g/mol. The molecular formula is C14H18ClNO2. The van der Waals surface area contributed by atoms with Crippen LogP contribution in [0.25, 0.3) is 10.8 Å². The minimum absolute atomic E-state index is 0. The molecule has 0 spiro atoms. The van der Waals surface area contributed by atoms with Gasteiger partial charge in [0.25, 0.3) is 0 Å². The highest BCUT2D eigenvalue weighted by Gasteiger charge is 2.07. The molecule has 0 fully saturated rings. The molecule has 0 aliphatic rings. The zero-order valence-electron chi connectivity index (χ0n) is 10.3. The fourth-order valence-corrected chi connectivity index (χ4v) is 2.07. The predicted octanol–water partition coefficient (Wildman–Crippen LogP) is 2.82. The molecule has 18 heavy (non-hydrogen) atoms. The van der Waals surface area contributed by atoms with Crippen molar-refractivity contribution in [2.45, 2.75) is 13.3 Å². The molecule has 0 bridgehead atoms. The summed E-state index contributed by atoms with van der Waals surface area (Å²) in [7, 11) is 0. The monoisotopic (exact) mass is 267 g/mol. The molecule has 2 aromatic rings. The SMILES string of the molecule is CCNCCc1cccc2cc(O)cc(O)c12.Cl. The molecule has 0 radical (unpaired) electrons. The van der Waals surface area contributed by atoms with Gasteiger partial charge in [0.05, 0.1) is 0 Å².